The molecule has 2 N–H and O–H groups in total. The predicted octanol–water partition coefficient (Wildman–Crippen LogP) is 2.97. The average Bonchev–Trinajstić information content (AvgIpc) is 2.68. The van der Waals surface area contributed by atoms with Crippen LogP contribution in [-0.4, -0.2) is 44.4 Å². The predicted molar refractivity (Wildman–Crippen MR) is 100 cm³/mol. The van der Waals surface area contributed by atoms with Gasteiger partial charge in [0.1, 0.15) is 11.2 Å². The van der Waals surface area contributed by atoms with Crippen LogP contribution in [0.4, 0.5) is 5.69 Å². The Bertz CT molecular complexity index is 850. The van der Waals surface area contributed by atoms with Crippen LogP contribution in [0.5, 0.6) is 11.5 Å². The van der Waals surface area contributed by atoms with Gasteiger partial charge in [0.2, 0.25) is 0 Å². The number of fused-ring (bicyclic) bond motifs is 1. The van der Waals surface area contributed by atoms with Crippen molar-refractivity contribution >= 4 is 28.5 Å². The number of methoxy groups -OCH3 is 2. The quantitative estimate of drug-likeness (QED) is 0.553. The number of nitrogen functional groups attached to an aromatic ring is 1. The molecule has 0 bridgehead atoms. The van der Waals surface area contributed by atoms with Crippen LogP contribution in [-0.2, 0) is 9.47 Å². The molecule has 146 valence electrons. The summed E-state index contributed by atoms with van der Waals surface area (Å²) in [7, 11) is 2.89. The first-order valence-corrected chi connectivity index (χ1v) is 8.67. The van der Waals surface area contributed by atoms with Crippen LogP contribution in [0.3, 0.4) is 0 Å². The highest BCUT2D eigenvalue weighted by atomic mass is 16.5. The molecular weight excluding hydrogens is 352 g/mol. The number of hydrogen-bond acceptors (Lipinski definition) is 8. The summed E-state index contributed by atoms with van der Waals surface area (Å²) in [6.07, 6.45) is 1.32. The molecular formula is C19H24N2O6. The number of aromatic nitrogens is 1. The summed E-state index contributed by atoms with van der Waals surface area (Å²) in [6, 6.07) is 2.87. The van der Waals surface area contributed by atoms with E-state index < -0.39 is 11.9 Å². The van der Waals surface area contributed by atoms with Crippen molar-refractivity contribution in [3.05, 3.63) is 23.4 Å². The Labute approximate surface area is 157 Å². The molecule has 2 aromatic rings. The largest absolute Gasteiger partial charge is 0.493 e. The van der Waals surface area contributed by atoms with E-state index in [9.17, 15) is 9.59 Å². The number of rotatable bonds is 8. The fourth-order valence-electron chi connectivity index (χ4n) is 2.55. The molecule has 0 unspecified atom stereocenters. The summed E-state index contributed by atoms with van der Waals surface area (Å²) in [5, 5.41) is 0.334. The SMILES string of the molecule is CCCOC(=O)c1cc(C(=O)OCCC)c2c(N)cc(OC)c(OC)c2n1. The summed E-state index contributed by atoms with van der Waals surface area (Å²) < 4.78 is 21.1. The van der Waals surface area contributed by atoms with E-state index in [4.69, 9.17) is 24.7 Å². The van der Waals surface area contributed by atoms with Gasteiger partial charge in [-0.2, -0.15) is 0 Å². The van der Waals surface area contributed by atoms with E-state index in [1.807, 2.05) is 13.8 Å². The third-order valence-corrected chi connectivity index (χ3v) is 3.76. The summed E-state index contributed by atoms with van der Waals surface area (Å²) in [5.41, 5.74) is 6.70. The smallest absolute Gasteiger partial charge is 0.356 e. The first-order valence-electron chi connectivity index (χ1n) is 8.67. The summed E-state index contributed by atoms with van der Waals surface area (Å²) >= 11 is 0. The molecule has 0 fully saturated rings. The minimum atomic E-state index is -0.647. The van der Waals surface area contributed by atoms with Gasteiger partial charge in [-0.15, -0.1) is 0 Å². The second kappa shape index (κ2) is 9.07. The Morgan fingerprint density at radius 2 is 1.63 bits per heavy atom. The van der Waals surface area contributed by atoms with Gasteiger partial charge in [-0.05, 0) is 18.9 Å². The van der Waals surface area contributed by atoms with Gasteiger partial charge in [-0.3, -0.25) is 0 Å². The first kappa shape index (κ1) is 20.3. The van der Waals surface area contributed by atoms with Gasteiger partial charge in [0, 0.05) is 17.1 Å². The van der Waals surface area contributed by atoms with Crippen molar-refractivity contribution in [2.45, 2.75) is 26.7 Å². The number of nitrogens with two attached hydrogens (primary N) is 1. The maximum atomic E-state index is 12.6. The molecule has 0 radical (unpaired) electrons. The van der Waals surface area contributed by atoms with Gasteiger partial charge >= 0.3 is 11.9 Å². The zero-order valence-electron chi connectivity index (χ0n) is 16.0. The lowest BCUT2D eigenvalue weighted by Gasteiger charge is -2.15. The molecule has 0 saturated carbocycles. The van der Waals surface area contributed by atoms with Crippen LogP contribution in [0, 0.1) is 0 Å². The van der Waals surface area contributed by atoms with Gasteiger partial charge < -0.3 is 24.7 Å². The molecule has 8 nitrogen and oxygen atoms in total. The molecule has 2 rings (SSSR count). The average molecular weight is 376 g/mol. The van der Waals surface area contributed by atoms with Crippen LogP contribution in [0.2, 0.25) is 0 Å². The Hall–Kier alpha value is -3.03. The van der Waals surface area contributed by atoms with Gasteiger partial charge in [-0.25, -0.2) is 14.6 Å². The molecule has 1 heterocycles. The molecule has 8 heteroatoms. The van der Waals surface area contributed by atoms with E-state index in [-0.39, 0.29) is 41.4 Å². The number of anilines is 1. The Balaban J connectivity index is 2.75. The summed E-state index contributed by atoms with van der Waals surface area (Å²) in [5.74, 6) is -0.655. The van der Waals surface area contributed by atoms with Crippen LogP contribution >= 0.6 is 0 Å². The Morgan fingerprint density at radius 3 is 2.19 bits per heavy atom. The molecule has 0 atom stereocenters. The number of ether oxygens (including phenoxy) is 4. The van der Waals surface area contributed by atoms with Crippen molar-refractivity contribution in [2.24, 2.45) is 0 Å². The van der Waals surface area contributed by atoms with Crippen LogP contribution in [0.15, 0.2) is 12.1 Å². The van der Waals surface area contributed by atoms with Crippen molar-refractivity contribution in [2.75, 3.05) is 33.2 Å². The monoisotopic (exact) mass is 376 g/mol. The zero-order valence-corrected chi connectivity index (χ0v) is 16.0. The van der Waals surface area contributed by atoms with Crippen LogP contribution in [0.1, 0.15) is 47.5 Å². The third-order valence-electron chi connectivity index (χ3n) is 3.76. The van der Waals surface area contributed by atoms with E-state index >= 15 is 0 Å². The van der Waals surface area contributed by atoms with Gasteiger partial charge in [0.25, 0.3) is 0 Å². The molecule has 0 amide bonds. The lowest BCUT2D eigenvalue weighted by atomic mass is 10.0. The zero-order chi connectivity index (χ0) is 20.0. The minimum absolute atomic E-state index is 0.0367. The van der Waals surface area contributed by atoms with Crippen molar-refractivity contribution < 1.29 is 28.5 Å². The van der Waals surface area contributed by atoms with Crippen molar-refractivity contribution in [1.82, 2.24) is 4.98 Å². The van der Waals surface area contributed by atoms with Gasteiger partial charge in [-0.1, -0.05) is 13.8 Å². The fourth-order valence-corrected chi connectivity index (χ4v) is 2.55. The molecule has 0 aliphatic heterocycles. The van der Waals surface area contributed by atoms with Crippen molar-refractivity contribution in [3.63, 3.8) is 0 Å². The molecule has 1 aromatic heterocycles. The highest BCUT2D eigenvalue weighted by Crippen LogP contribution is 2.40. The molecule has 0 aliphatic carbocycles. The lowest BCUT2D eigenvalue weighted by Crippen LogP contribution is -2.14. The number of hydrogen-bond donors (Lipinski definition) is 1. The number of carbonyl (C=O) groups excluding carboxylic acids is 2. The maximum Gasteiger partial charge on any atom is 0.356 e. The number of pyridine rings is 1. The van der Waals surface area contributed by atoms with Gasteiger partial charge in [0.05, 0.1) is 33.0 Å². The second-order valence-electron chi connectivity index (χ2n) is 5.75. The second-order valence-corrected chi connectivity index (χ2v) is 5.75. The molecule has 0 saturated heterocycles. The van der Waals surface area contributed by atoms with E-state index in [1.165, 1.54) is 26.4 Å². The number of nitrogens with zero attached hydrogens (tertiary/aromatic N) is 1. The topological polar surface area (TPSA) is 110 Å². The minimum Gasteiger partial charge on any atom is -0.493 e. The number of benzene rings is 1. The standard InChI is InChI=1S/C19H24N2O6/c1-5-7-26-18(22)11-9-13(19(23)27-8-6-2)21-16-15(11)12(20)10-14(24-3)17(16)25-4/h9-10H,5-8,20H2,1-4H3. The summed E-state index contributed by atoms with van der Waals surface area (Å²) in [4.78, 5) is 29.2. The number of carbonyl (C=O) groups is 2. The highest BCUT2D eigenvalue weighted by Gasteiger charge is 2.24. The normalized spacial score (nSPS) is 10.5. The van der Waals surface area contributed by atoms with Gasteiger partial charge in [0.15, 0.2) is 11.5 Å². The molecule has 1 aromatic carbocycles. The number of esters is 2. The fraction of sp³-hybridized carbons (Fsp3) is 0.421. The van der Waals surface area contributed by atoms with E-state index in [2.05, 4.69) is 4.98 Å². The van der Waals surface area contributed by atoms with E-state index in [0.717, 1.165) is 0 Å². The Kier molecular flexibility index (Phi) is 6.81. The maximum absolute atomic E-state index is 12.6. The molecule has 0 spiro atoms. The molecule has 27 heavy (non-hydrogen) atoms. The van der Waals surface area contributed by atoms with E-state index in [0.29, 0.717) is 24.0 Å². The Morgan fingerprint density at radius 1 is 1.00 bits per heavy atom. The van der Waals surface area contributed by atoms with Crippen LogP contribution in [0.25, 0.3) is 10.9 Å². The van der Waals surface area contributed by atoms with Crippen molar-refractivity contribution in [1.29, 1.82) is 0 Å². The van der Waals surface area contributed by atoms with E-state index in [1.54, 1.807) is 0 Å². The van der Waals surface area contributed by atoms with Crippen molar-refractivity contribution in [3.8, 4) is 11.5 Å². The third kappa shape index (κ3) is 4.21. The van der Waals surface area contributed by atoms with Crippen LogP contribution < -0.4 is 15.2 Å². The molecule has 0 aliphatic rings. The summed E-state index contributed by atoms with van der Waals surface area (Å²) in [6.45, 7) is 4.24. The first-order chi connectivity index (χ1) is 13.0. The lowest BCUT2D eigenvalue weighted by molar-refractivity contribution is 0.0498. The highest BCUT2D eigenvalue weighted by molar-refractivity contribution is 6.12.